The summed E-state index contributed by atoms with van der Waals surface area (Å²) in [6.07, 6.45) is 1.96. The van der Waals surface area contributed by atoms with Crippen molar-refractivity contribution in [2.24, 2.45) is 0 Å². The van der Waals surface area contributed by atoms with Crippen molar-refractivity contribution in [1.82, 2.24) is 5.32 Å². The zero-order valence-corrected chi connectivity index (χ0v) is 14.9. The third-order valence-corrected chi connectivity index (χ3v) is 4.68. The van der Waals surface area contributed by atoms with Crippen molar-refractivity contribution in [2.75, 3.05) is 12.3 Å². The number of carbonyl (C=O) groups is 1. The van der Waals surface area contributed by atoms with Gasteiger partial charge in [0.05, 0.1) is 5.75 Å². The molecule has 0 atom stereocenters. The molecule has 122 valence electrons. The number of rotatable bonds is 8. The predicted molar refractivity (Wildman–Crippen MR) is 100 cm³/mol. The lowest BCUT2D eigenvalue weighted by Crippen LogP contribution is -2.26. The molecule has 0 bridgehead atoms. The lowest BCUT2D eigenvalue weighted by molar-refractivity contribution is -0.118. The quantitative estimate of drug-likeness (QED) is 0.705. The summed E-state index contributed by atoms with van der Waals surface area (Å²) < 4.78 is 0. The standard InChI is InChI=1S/C19H22ClNOS/c1-15-5-2-6-16(11-15)8-4-10-21-19(22)14-23-13-17-7-3-9-18(20)12-17/h2-3,5-7,9,11-12H,4,8,10,13-14H2,1H3,(H,21,22). The van der Waals surface area contributed by atoms with Gasteiger partial charge in [-0.2, -0.15) is 0 Å². The summed E-state index contributed by atoms with van der Waals surface area (Å²) in [4.78, 5) is 11.8. The first-order chi connectivity index (χ1) is 11.1. The van der Waals surface area contributed by atoms with E-state index in [9.17, 15) is 4.79 Å². The molecular weight excluding hydrogens is 326 g/mol. The number of aryl methyl sites for hydroxylation is 2. The molecule has 0 spiro atoms. The molecular formula is C19H22ClNOS. The Morgan fingerprint density at radius 1 is 1.13 bits per heavy atom. The van der Waals surface area contributed by atoms with Gasteiger partial charge in [-0.05, 0) is 43.0 Å². The fourth-order valence-corrected chi connectivity index (χ4v) is 3.34. The molecule has 0 fully saturated rings. The van der Waals surface area contributed by atoms with Gasteiger partial charge in [0.15, 0.2) is 0 Å². The Balaban J connectivity index is 1.58. The number of hydrogen-bond donors (Lipinski definition) is 1. The summed E-state index contributed by atoms with van der Waals surface area (Å²) in [5, 5.41) is 3.72. The van der Waals surface area contributed by atoms with Crippen molar-refractivity contribution in [1.29, 1.82) is 0 Å². The molecule has 0 saturated carbocycles. The Hall–Kier alpha value is -1.45. The maximum atomic E-state index is 11.8. The lowest BCUT2D eigenvalue weighted by atomic mass is 10.1. The van der Waals surface area contributed by atoms with Crippen LogP contribution in [0.5, 0.6) is 0 Å². The average Bonchev–Trinajstić information content (AvgIpc) is 2.52. The normalized spacial score (nSPS) is 10.5. The van der Waals surface area contributed by atoms with Crippen molar-refractivity contribution in [3.05, 3.63) is 70.2 Å². The lowest BCUT2D eigenvalue weighted by Gasteiger charge is -2.06. The third kappa shape index (κ3) is 7.10. The number of thioether (sulfide) groups is 1. The van der Waals surface area contributed by atoms with Gasteiger partial charge in [-0.3, -0.25) is 4.79 Å². The van der Waals surface area contributed by atoms with Gasteiger partial charge in [0.2, 0.25) is 5.91 Å². The second-order valence-corrected chi connectivity index (χ2v) is 6.99. The molecule has 2 aromatic rings. The number of hydrogen-bond acceptors (Lipinski definition) is 2. The molecule has 23 heavy (non-hydrogen) atoms. The summed E-state index contributed by atoms with van der Waals surface area (Å²) in [7, 11) is 0. The van der Waals surface area contributed by atoms with Gasteiger partial charge in [-0.25, -0.2) is 0 Å². The van der Waals surface area contributed by atoms with E-state index in [1.165, 1.54) is 11.1 Å². The van der Waals surface area contributed by atoms with Gasteiger partial charge in [-0.1, -0.05) is 53.6 Å². The number of amides is 1. The molecule has 1 N–H and O–H groups in total. The number of halogens is 1. The van der Waals surface area contributed by atoms with Gasteiger partial charge >= 0.3 is 0 Å². The molecule has 0 heterocycles. The van der Waals surface area contributed by atoms with Gasteiger partial charge in [0.25, 0.3) is 0 Å². The van der Waals surface area contributed by atoms with E-state index in [2.05, 4.69) is 36.5 Å². The van der Waals surface area contributed by atoms with Crippen LogP contribution in [0.1, 0.15) is 23.1 Å². The van der Waals surface area contributed by atoms with Crippen LogP contribution >= 0.6 is 23.4 Å². The van der Waals surface area contributed by atoms with Crippen LogP contribution in [0.3, 0.4) is 0 Å². The summed E-state index contributed by atoms with van der Waals surface area (Å²) in [5.41, 5.74) is 3.76. The number of carbonyl (C=O) groups excluding carboxylic acids is 1. The fourth-order valence-electron chi connectivity index (χ4n) is 2.33. The molecule has 0 unspecified atom stereocenters. The van der Waals surface area contributed by atoms with E-state index in [0.717, 1.165) is 35.7 Å². The van der Waals surface area contributed by atoms with Crippen molar-refractivity contribution in [2.45, 2.75) is 25.5 Å². The van der Waals surface area contributed by atoms with Crippen LogP contribution in [0.2, 0.25) is 5.02 Å². The highest BCUT2D eigenvalue weighted by Gasteiger charge is 2.02. The van der Waals surface area contributed by atoms with Crippen molar-refractivity contribution >= 4 is 29.3 Å². The maximum Gasteiger partial charge on any atom is 0.230 e. The molecule has 0 radical (unpaired) electrons. The maximum absolute atomic E-state index is 11.8. The molecule has 0 saturated heterocycles. The summed E-state index contributed by atoms with van der Waals surface area (Å²) in [5.74, 6) is 1.38. The molecule has 0 aliphatic carbocycles. The minimum absolute atomic E-state index is 0.0984. The Bertz CT molecular complexity index is 645. The highest BCUT2D eigenvalue weighted by Crippen LogP contribution is 2.16. The summed E-state index contributed by atoms with van der Waals surface area (Å²) in [6.45, 7) is 2.83. The first kappa shape index (κ1) is 17.9. The van der Waals surface area contributed by atoms with Crippen LogP contribution in [0.15, 0.2) is 48.5 Å². The average molecular weight is 348 g/mol. The third-order valence-electron chi connectivity index (χ3n) is 3.44. The first-order valence-electron chi connectivity index (χ1n) is 7.78. The SMILES string of the molecule is Cc1cccc(CCCNC(=O)CSCc2cccc(Cl)c2)c1. The summed E-state index contributed by atoms with van der Waals surface area (Å²) in [6, 6.07) is 16.3. The van der Waals surface area contributed by atoms with E-state index in [4.69, 9.17) is 11.6 Å². The predicted octanol–water partition coefficient (Wildman–Crippen LogP) is 4.63. The van der Waals surface area contributed by atoms with E-state index in [-0.39, 0.29) is 5.91 Å². The molecule has 2 aromatic carbocycles. The summed E-state index contributed by atoms with van der Waals surface area (Å²) >= 11 is 7.55. The smallest absolute Gasteiger partial charge is 0.230 e. The molecule has 1 amide bonds. The monoisotopic (exact) mass is 347 g/mol. The molecule has 4 heteroatoms. The van der Waals surface area contributed by atoms with Crippen LogP contribution in [0, 0.1) is 6.92 Å². The molecule has 0 aromatic heterocycles. The van der Waals surface area contributed by atoms with Crippen molar-refractivity contribution < 1.29 is 4.79 Å². The van der Waals surface area contributed by atoms with E-state index < -0.39 is 0 Å². The number of benzene rings is 2. The Labute approximate surface area is 147 Å². The minimum atomic E-state index is 0.0984. The Morgan fingerprint density at radius 2 is 1.91 bits per heavy atom. The first-order valence-corrected chi connectivity index (χ1v) is 9.31. The van der Waals surface area contributed by atoms with E-state index >= 15 is 0 Å². The second kappa shape index (κ2) is 9.64. The van der Waals surface area contributed by atoms with Crippen LogP contribution in [-0.2, 0) is 17.0 Å². The zero-order valence-electron chi connectivity index (χ0n) is 13.3. The van der Waals surface area contributed by atoms with Gasteiger partial charge in [0, 0.05) is 17.3 Å². The van der Waals surface area contributed by atoms with E-state index in [1.54, 1.807) is 11.8 Å². The Morgan fingerprint density at radius 3 is 2.70 bits per heavy atom. The fraction of sp³-hybridized carbons (Fsp3) is 0.316. The van der Waals surface area contributed by atoms with Crippen LogP contribution in [0.4, 0.5) is 0 Å². The van der Waals surface area contributed by atoms with Crippen LogP contribution in [-0.4, -0.2) is 18.2 Å². The van der Waals surface area contributed by atoms with Gasteiger partial charge in [-0.15, -0.1) is 11.8 Å². The molecule has 0 aliphatic heterocycles. The Kier molecular flexibility index (Phi) is 7.50. The van der Waals surface area contributed by atoms with Gasteiger partial charge in [0.1, 0.15) is 0 Å². The number of nitrogens with one attached hydrogen (secondary N) is 1. The topological polar surface area (TPSA) is 29.1 Å². The highest BCUT2D eigenvalue weighted by molar-refractivity contribution is 7.99. The molecule has 2 nitrogen and oxygen atoms in total. The highest BCUT2D eigenvalue weighted by atomic mass is 35.5. The zero-order chi connectivity index (χ0) is 16.5. The van der Waals surface area contributed by atoms with Crippen molar-refractivity contribution in [3.8, 4) is 0 Å². The van der Waals surface area contributed by atoms with Crippen LogP contribution < -0.4 is 5.32 Å². The second-order valence-electron chi connectivity index (χ2n) is 5.57. The van der Waals surface area contributed by atoms with Gasteiger partial charge < -0.3 is 5.32 Å². The van der Waals surface area contributed by atoms with Crippen molar-refractivity contribution in [3.63, 3.8) is 0 Å². The van der Waals surface area contributed by atoms with E-state index in [1.807, 2.05) is 24.3 Å². The molecule has 2 rings (SSSR count). The molecule has 0 aliphatic rings. The minimum Gasteiger partial charge on any atom is -0.355 e. The largest absolute Gasteiger partial charge is 0.355 e. The van der Waals surface area contributed by atoms with E-state index in [0.29, 0.717) is 5.75 Å². The van der Waals surface area contributed by atoms with Crippen LogP contribution in [0.25, 0.3) is 0 Å².